The predicted molar refractivity (Wildman–Crippen MR) is 123 cm³/mol. The number of nitriles is 1. The molecule has 0 spiro atoms. The number of halogens is 1. The van der Waals surface area contributed by atoms with Gasteiger partial charge in [0.2, 0.25) is 0 Å². The number of carbonyl (C=O) groups excluding carboxylic acids is 1. The summed E-state index contributed by atoms with van der Waals surface area (Å²) in [7, 11) is 0. The van der Waals surface area contributed by atoms with Crippen molar-refractivity contribution >= 4 is 33.5 Å². The summed E-state index contributed by atoms with van der Waals surface area (Å²) < 4.78 is 0.989. The first-order chi connectivity index (χ1) is 13.8. The van der Waals surface area contributed by atoms with Gasteiger partial charge in [0.1, 0.15) is 16.9 Å². The van der Waals surface area contributed by atoms with Gasteiger partial charge >= 0.3 is 0 Å². The Morgan fingerprint density at radius 1 is 1.07 bits per heavy atom. The van der Waals surface area contributed by atoms with E-state index in [4.69, 9.17) is 4.98 Å². The molecule has 3 nitrogen and oxygen atoms in total. The Balaban J connectivity index is 2.12. The summed E-state index contributed by atoms with van der Waals surface area (Å²) in [5.74, 6) is 0.409. The molecule has 0 saturated carbocycles. The first-order valence-corrected chi connectivity index (χ1v) is 11.0. The molecular formula is C24H21BrN2OS. The topological polar surface area (TPSA) is 53.8 Å². The number of pyridine rings is 1. The molecule has 1 heterocycles. The number of Topliss-reactive ketones (excluding diaryl/α,β-unsaturated/α-hetero) is 1. The van der Waals surface area contributed by atoms with Gasteiger partial charge in [0, 0.05) is 21.0 Å². The Morgan fingerprint density at radius 2 is 1.72 bits per heavy atom. The highest BCUT2D eigenvalue weighted by atomic mass is 79.9. The van der Waals surface area contributed by atoms with Crippen molar-refractivity contribution in [3.8, 4) is 28.5 Å². The number of ketones is 1. The van der Waals surface area contributed by atoms with Gasteiger partial charge in [0.05, 0.1) is 17.0 Å². The zero-order valence-corrected chi connectivity index (χ0v) is 19.0. The molecule has 3 aromatic rings. The van der Waals surface area contributed by atoms with Crippen molar-refractivity contribution in [1.82, 2.24) is 4.98 Å². The standard InChI is InChI=1S/C24H21BrN2OS/c1-24(2,3)22(28)15-29-23-20(14-26)19(16-7-5-4-6-8-16)13-21(27-23)17-9-11-18(25)12-10-17/h4-13H,15H2,1-3H3. The van der Waals surface area contributed by atoms with E-state index in [1.54, 1.807) is 0 Å². The fourth-order valence-corrected chi connectivity index (χ4v) is 4.13. The first-order valence-electron chi connectivity index (χ1n) is 9.22. The van der Waals surface area contributed by atoms with Gasteiger partial charge < -0.3 is 0 Å². The van der Waals surface area contributed by atoms with E-state index in [0.29, 0.717) is 10.6 Å². The molecule has 0 aliphatic rings. The third-order valence-corrected chi connectivity index (χ3v) is 6.00. The van der Waals surface area contributed by atoms with Crippen LogP contribution in [0.3, 0.4) is 0 Å². The highest BCUT2D eigenvalue weighted by Crippen LogP contribution is 2.35. The molecule has 0 atom stereocenters. The second-order valence-corrected chi connectivity index (χ2v) is 9.56. The molecule has 0 aliphatic heterocycles. The molecule has 0 aliphatic carbocycles. The smallest absolute Gasteiger partial charge is 0.148 e. The number of benzene rings is 2. The molecule has 146 valence electrons. The maximum atomic E-state index is 12.4. The summed E-state index contributed by atoms with van der Waals surface area (Å²) >= 11 is 4.80. The van der Waals surface area contributed by atoms with Crippen molar-refractivity contribution in [2.45, 2.75) is 25.8 Å². The molecule has 0 saturated heterocycles. The maximum absolute atomic E-state index is 12.4. The number of hydrogen-bond donors (Lipinski definition) is 0. The van der Waals surface area contributed by atoms with Gasteiger partial charge in [-0.25, -0.2) is 4.98 Å². The van der Waals surface area contributed by atoms with Crippen LogP contribution in [0.2, 0.25) is 0 Å². The van der Waals surface area contributed by atoms with E-state index in [2.05, 4.69) is 22.0 Å². The van der Waals surface area contributed by atoms with Crippen molar-refractivity contribution in [3.63, 3.8) is 0 Å². The largest absolute Gasteiger partial charge is 0.298 e. The van der Waals surface area contributed by atoms with E-state index >= 15 is 0 Å². The summed E-state index contributed by atoms with van der Waals surface area (Å²) in [4.78, 5) is 17.2. The van der Waals surface area contributed by atoms with E-state index < -0.39 is 5.41 Å². The minimum Gasteiger partial charge on any atom is -0.298 e. The molecule has 0 N–H and O–H groups in total. The minimum absolute atomic E-state index is 0.128. The molecule has 1 aromatic heterocycles. The van der Waals surface area contributed by atoms with Gasteiger partial charge in [0.15, 0.2) is 0 Å². The lowest BCUT2D eigenvalue weighted by atomic mass is 9.92. The molecule has 2 aromatic carbocycles. The van der Waals surface area contributed by atoms with Gasteiger partial charge in [-0.3, -0.25) is 4.79 Å². The van der Waals surface area contributed by atoms with E-state index in [9.17, 15) is 10.1 Å². The summed E-state index contributed by atoms with van der Waals surface area (Å²) in [6.45, 7) is 5.71. The monoisotopic (exact) mass is 464 g/mol. The van der Waals surface area contributed by atoms with Crippen LogP contribution in [0.4, 0.5) is 0 Å². The van der Waals surface area contributed by atoms with Crippen molar-refractivity contribution in [1.29, 1.82) is 5.26 Å². The molecule has 3 rings (SSSR count). The summed E-state index contributed by atoms with van der Waals surface area (Å²) in [5.41, 5.74) is 3.59. The average Bonchev–Trinajstić information content (AvgIpc) is 2.71. The van der Waals surface area contributed by atoms with Gasteiger partial charge in [0.25, 0.3) is 0 Å². The Bertz CT molecular complexity index is 1070. The van der Waals surface area contributed by atoms with Gasteiger partial charge in [-0.1, -0.05) is 90.9 Å². The van der Waals surface area contributed by atoms with E-state index in [0.717, 1.165) is 26.9 Å². The molecule has 0 bridgehead atoms. The number of carbonyl (C=O) groups is 1. The third-order valence-electron chi connectivity index (χ3n) is 4.50. The van der Waals surface area contributed by atoms with E-state index in [1.165, 1.54) is 11.8 Å². The highest BCUT2D eigenvalue weighted by Gasteiger charge is 2.23. The molecule has 0 amide bonds. The molecule has 0 radical (unpaired) electrons. The van der Waals surface area contributed by atoms with Crippen LogP contribution in [0.25, 0.3) is 22.4 Å². The second kappa shape index (κ2) is 8.94. The highest BCUT2D eigenvalue weighted by molar-refractivity contribution is 9.10. The van der Waals surface area contributed by atoms with Gasteiger partial charge in [-0.05, 0) is 23.8 Å². The quantitative estimate of drug-likeness (QED) is 0.391. The summed E-state index contributed by atoms with van der Waals surface area (Å²) in [6, 6.07) is 22.0. The fraction of sp³-hybridized carbons (Fsp3) is 0.208. The molecular weight excluding hydrogens is 444 g/mol. The van der Waals surface area contributed by atoms with E-state index in [-0.39, 0.29) is 11.5 Å². The van der Waals surface area contributed by atoms with E-state index in [1.807, 2.05) is 81.4 Å². The number of nitrogens with zero attached hydrogens (tertiary/aromatic N) is 2. The molecule has 0 fully saturated rings. The summed E-state index contributed by atoms with van der Waals surface area (Å²) in [5, 5.41) is 10.5. The van der Waals surface area contributed by atoms with Crippen LogP contribution in [0.1, 0.15) is 26.3 Å². The fourth-order valence-electron chi connectivity index (χ4n) is 2.70. The maximum Gasteiger partial charge on any atom is 0.148 e. The average molecular weight is 465 g/mol. The van der Waals surface area contributed by atoms with Gasteiger partial charge in [-0.15, -0.1) is 0 Å². The van der Waals surface area contributed by atoms with Gasteiger partial charge in [-0.2, -0.15) is 5.26 Å². The molecule has 29 heavy (non-hydrogen) atoms. The lowest BCUT2D eigenvalue weighted by Gasteiger charge is -2.17. The van der Waals surface area contributed by atoms with Crippen LogP contribution >= 0.6 is 27.7 Å². The SMILES string of the molecule is CC(C)(C)C(=O)CSc1nc(-c2ccc(Br)cc2)cc(-c2ccccc2)c1C#N. The second-order valence-electron chi connectivity index (χ2n) is 7.68. The zero-order valence-electron chi connectivity index (χ0n) is 16.6. The van der Waals surface area contributed by atoms with Crippen molar-refractivity contribution in [2.24, 2.45) is 5.41 Å². The van der Waals surface area contributed by atoms with Crippen LogP contribution in [0, 0.1) is 16.7 Å². The van der Waals surface area contributed by atoms with Crippen LogP contribution in [-0.4, -0.2) is 16.5 Å². The van der Waals surface area contributed by atoms with Crippen LogP contribution in [-0.2, 0) is 4.79 Å². The molecule has 0 unspecified atom stereocenters. The minimum atomic E-state index is -0.425. The van der Waals surface area contributed by atoms with Crippen molar-refractivity contribution in [3.05, 3.63) is 70.7 Å². The first kappa shape index (κ1) is 21.3. The normalized spacial score (nSPS) is 11.1. The lowest BCUT2D eigenvalue weighted by Crippen LogP contribution is -2.22. The Hall–Kier alpha value is -2.42. The van der Waals surface area contributed by atoms with Crippen molar-refractivity contribution < 1.29 is 4.79 Å². The number of thioether (sulfide) groups is 1. The Kier molecular flexibility index (Phi) is 6.56. The van der Waals surface area contributed by atoms with Crippen LogP contribution < -0.4 is 0 Å². The lowest BCUT2D eigenvalue weighted by molar-refractivity contribution is -0.123. The predicted octanol–water partition coefficient (Wildman–Crippen LogP) is 6.76. The number of aromatic nitrogens is 1. The number of hydrogen-bond acceptors (Lipinski definition) is 4. The Morgan fingerprint density at radius 3 is 2.31 bits per heavy atom. The zero-order chi connectivity index (χ0) is 21.0. The van der Waals surface area contributed by atoms with Crippen LogP contribution in [0.15, 0.2) is 70.2 Å². The third kappa shape index (κ3) is 5.14. The summed E-state index contributed by atoms with van der Waals surface area (Å²) in [6.07, 6.45) is 0. The van der Waals surface area contributed by atoms with Crippen LogP contribution in [0.5, 0.6) is 0 Å². The Labute approximate surface area is 184 Å². The molecule has 5 heteroatoms. The van der Waals surface area contributed by atoms with Crippen molar-refractivity contribution in [2.75, 3.05) is 5.75 Å². The number of rotatable bonds is 5.